The number of hydrogen-bond acceptors (Lipinski definition) is 1. The maximum Gasteiger partial charge on any atom is 0.136 e. The molecule has 1 nitrogen and oxygen atoms in total. The second-order valence-corrected chi connectivity index (χ2v) is 5.54. The van der Waals surface area contributed by atoms with E-state index in [1.807, 2.05) is 6.92 Å². The van der Waals surface area contributed by atoms with Gasteiger partial charge in [-0.05, 0) is 44.1 Å². The standard InChI is InChI=1S/C17H22O/c1-13(2)8-9-16-12-15(10-11-17(16)18)14-6-4-3-5-7-14/h3-7,15-16H,1,8-12H2,2H3. The van der Waals surface area contributed by atoms with Crippen molar-refractivity contribution in [2.24, 2.45) is 5.92 Å². The maximum atomic E-state index is 12.0. The fourth-order valence-electron chi connectivity index (χ4n) is 2.84. The molecule has 1 saturated carbocycles. The van der Waals surface area contributed by atoms with Crippen LogP contribution in [0.1, 0.15) is 50.5 Å². The summed E-state index contributed by atoms with van der Waals surface area (Å²) >= 11 is 0. The number of carbonyl (C=O) groups is 1. The monoisotopic (exact) mass is 242 g/mol. The third-order valence-corrected chi connectivity index (χ3v) is 3.95. The van der Waals surface area contributed by atoms with Crippen LogP contribution in [0.15, 0.2) is 42.5 Å². The highest BCUT2D eigenvalue weighted by Gasteiger charge is 2.28. The van der Waals surface area contributed by atoms with Gasteiger partial charge < -0.3 is 0 Å². The summed E-state index contributed by atoms with van der Waals surface area (Å²) in [6.07, 6.45) is 4.76. The molecular weight excluding hydrogens is 220 g/mol. The molecule has 96 valence electrons. The van der Waals surface area contributed by atoms with Gasteiger partial charge in [0, 0.05) is 12.3 Å². The molecular formula is C17H22O. The molecule has 2 rings (SSSR count). The second-order valence-electron chi connectivity index (χ2n) is 5.54. The molecule has 0 bridgehead atoms. The highest BCUT2D eigenvalue weighted by Crippen LogP contribution is 2.36. The van der Waals surface area contributed by atoms with Crippen molar-refractivity contribution < 1.29 is 4.79 Å². The first-order chi connectivity index (χ1) is 8.66. The molecule has 1 aliphatic carbocycles. The lowest BCUT2D eigenvalue weighted by atomic mass is 9.75. The molecule has 1 heteroatoms. The van der Waals surface area contributed by atoms with E-state index in [1.54, 1.807) is 0 Å². The Morgan fingerprint density at radius 3 is 2.72 bits per heavy atom. The van der Waals surface area contributed by atoms with Crippen LogP contribution in [-0.4, -0.2) is 5.78 Å². The number of allylic oxidation sites excluding steroid dienone is 1. The van der Waals surface area contributed by atoms with E-state index >= 15 is 0 Å². The van der Waals surface area contributed by atoms with Gasteiger partial charge in [-0.1, -0.05) is 35.9 Å². The predicted molar refractivity (Wildman–Crippen MR) is 75.6 cm³/mol. The van der Waals surface area contributed by atoms with Gasteiger partial charge in [-0.2, -0.15) is 0 Å². The van der Waals surface area contributed by atoms with Gasteiger partial charge in [0.25, 0.3) is 0 Å². The maximum absolute atomic E-state index is 12.0. The summed E-state index contributed by atoms with van der Waals surface area (Å²) in [6.45, 7) is 5.97. The molecule has 0 radical (unpaired) electrons. The van der Waals surface area contributed by atoms with Crippen LogP contribution in [0.5, 0.6) is 0 Å². The number of benzene rings is 1. The average Bonchev–Trinajstić information content (AvgIpc) is 2.38. The average molecular weight is 242 g/mol. The zero-order valence-corrected chi connectivity index (χ0v) is 11.2. The SMILES string of the molecule is C=C(C)CCC1CC(c2ccccc2)CCC1=O. The largest absolute Gasteiger partial charge is 0.299 e. The molecule has 2 atom stereocenters. The Labute approximate surface area is 110 Å². The van der Waals surface area contributed by atoms with Crippen molar-refractivity contribution in [2.75, 3.05) is 0 Å². The molecule has 18 heavy (non-hydrogen) atoms. The minimum absolute atomic E-state index is 0.251. The van der Waals surface area contributed by atoms with E-state index in [9.17, 15) is 4.79 Å². The third-order valence-electron chi connectivity index (χ3n) is 3.95. The van der Waals surface area contributed by atoms with Crippen LogP contribution >= 0.6 is 0 Å². The second kappa shape index (κ2) is 5.99. The van der Waals surface area contributed by atoms with Gasteiger partial charge in [-0.3, -0.25) is 4.79 Å². The summed E-state index contributed by atoms with van der Waals surface area (Å²) < 4.78 is 0. The van der Waals surface area contributed by atoms with Gasteiger partial charge in [0.2, 0.25) is 0 Å². The van der Waals surface area contributed by atoms with Crippen molar-refractivity contribution in [3.8, 4) is 0 Å². The number of hydrogen-bond donors (Lipinski definition) is 0. The van der Waals surface area contributed by atoms with Crippen LogP contribution in [0.25, 0.3) is 0 Å². The van der Waals surface area contributed by atoms with Crippen molar-refractivity contribution in [1.29, 1.82) is 0 Å². The lowest BCUT2D eigenvalue weighted by Crippen LogP contribution is -2.24. The zero-order valence-electron chi connectivity index (χ0n) is 11.2. The fraction of sp³-hybridized carbons (Fsp3) is 0.471. The molecule has 0 amide bonds. The van der Waals surface area contributed by atoms with Crippen molar-refractivity contribution in [2.45, 2.75) is 44.9 Å². The smallest absolute Gasteiger partial charge is 0.136 e. The molecule has 0 spiro atoms. The Kier molecular flexibility index (Phi) is 4.35. The molecule has 1 aliphatic rings. The summed E-state index contributed by atoms with van der Waals surface area (Å²) in [5, 5.41) is 0. The van der Waals surface area contributed by atoms with E-state index in [2.05, 4.69) is 36.9 Å². The molecule has 0 saturated heterocycles. The summed E-state index contributed by atoms with van der Waals surface area (Å²) in [5.41, 5.74) is 2.58. The summed E-state index contributed by atoms with van der Waals surface area (Å²) in [4.78, 5) is 12.0. The normalized spacial score (nSPS) is 23.9. The first kappa shape index (κ1) is 13.1. The molecule has 1 fully saturated rings. The van der Waals surface area contributed by atoms with E-state index < -0.39 is 0 Å². The molecule has 0 aliphatic heterocycles. The minimum Gasteiger partial charge on any atom is -0.299 e. The van der Waals surface area contributed by atoms with Gasteiger partial charge in [-0.25, -0.2) is 0 Å². The third kappa shape index (κ3) is 3.32. The topological polar surface area (TPSA) is 17.1 Å². The van der Waals surface area contributed by atoms with E-state index in [0.29, 0.717) is 11.7 Å². The summed E-state index contributed by atoms with van der Waals surface area (Å²) in [5.74, 6) is 1.28. The van der Waals surface area contributed by atoms with Crippen LogP contribution in [0, 0.1) is 5.92 Å². The van der Waals surface area contributed by atoms with Gasteiger partial charge in [0.05, 0.1) is 0 Å². The van der Waals surface area contributed by atoms with Crippen LogP contribution in [0.3, 0.4) is 0 Å². The number of Topliss-reactive ketones (excluding diaryl/α,β-unsaturated/α-hetero) is 1. The summed E-state index contributed by atoms with van der Waals surface area (Å²) in [6, 6.07) is 10.6. The molecule has 1 aromatic rings. The Balaban J connectivity index is 2.00. The van der Waals surface area contributed by atoms with E-state index in [4.69, 9.17) is 0 Å². The van der Waals surface area contributed by atoms with Gasteiger partial charge in [0.15, 0.2) is 0 Å². The quantitative estimate of drug-likeness (QED) is 0.711. The Bertz CT molecular complexity index is 418. The molecule has 0 heterocycles. The number of ketones is 1. The lowest BCUT2D eigenvalue weighted by Gasteiger charge is -2.28. The van der Waals surface area contributed by atoms with Crippen molar-refractivity contribution in [3.05, 3.63) is 48.0 Å². The van der Waals surface area contributed by atoms with Crippen molar-refractivity contribution in [1.82, 2.24) is 0 Å². The van der Waals surface area contributed by atoms with Crippen LogP contribution in [0.4, 0.5) is 0 Å². The van der Waals surface area contributed by atoms with Crippen LogP contribution in [-0.2, 0) is 4.79 Å². The van der Waals surface area contributed by atoms with E-state index in [0.717, 1.165) is 32.1 Å². The first-order valence-electron chi connectivity index (χ1n) is 6.89. The predicted octanol–water partition coefficient (Wildman–Crippen LogP) is 4.50. The van der Waals surface area contributed by atoms with Gasteiger partial charge in [0.1, 0.15) is 5.78 Å². The van der Waals surface area contributed by atoms with Crippen molar-refractivity contribution in [3.63, 3.8) is 0 Å². The molecule has 2 unspecified atom stereocenters. The molecule has 1 aromatic carbocycles. The minimum atomic E-state index is 0.251. The number of carbonyl (C=O) groups excluding carboxylic acids is 1. The van der Waals surface area contributed by atoms with E-state index in [-0.39, 0.29) is 5.92 Å². The zero-order chi connectivity index (χ0) is 13.0. The Morgan fingerprint density at radius 1 is 1.33 bits per heavy atom. The number of rotatable bonds is 4. The first-order valence-corrected chi connectivity index (χ1v) is 6.89. The van der Waals surface area contributed by atoms with Crippen molar-refractivity contribution >= 4 is 5.78 Å². The van der Waals surface area contributed by atoms with Gasteiger partial charge >= 0.3 is 0 Å². The molecule has 0 aromatic heterocycles. The van der Waals surface area contributed by atoms with Crippen LogP contribution < -0.4 is 0 Å². The highest BCUT2D eigenvalue weighted by molar-refractivity contribution is 5.82. The van der Waals surface area contributed by atoms with Crippen LogP contribution in [0.2, 0.25) is 0 Å². The highest BCUT2D eigenvalue weighted by atomic mass is 16.1. The van der Waals surface area contributed by atoms with E-state index in [1.165, 1.54) is 11.1 Å². The molecule has 0 N–H and O–H groups in total. The summed E-state index contributed by atoms with van der Waals surface area (Å²) in [7, 11) is 0. The fourth-order valence-corrected chi connectivity index (χ4v) is 2.84. The lowest BCUT2D eigenvalue weighted by molar-refractivity contribution is -0.125. The van der Waals surface area contributed by atoms with Gasteiger partial charge in [-0.15, -0.1) is 6.58 Å². The Morgan fingerprint density at radius 2 is 2.06 bits per heavy atom. The Hall–Kier alpha value is -1.37.